The number of nitrogens with zero attached hydrogens (tertiary/aromatic N) is 1. The molecule has 0 aromatic heterocycles. The first-order chi connectivity index (χ1) is 14.1. The van der Waals surface area contributed by atoms with Gasteiger partial charge in [0.15, 0.2) is 19.9 Å². The third kappa shape index (κ3) is 5.20. The van der Waals surface area contributed by atoms with Gasteiger partial charge in [0.25, 0.3) is 0 Å². The van der Waals surface area contributed by atoms with Crippen molar-refractivity contribution in [2.24, 2.45) is 0 Å². The van der Waals surface area contributed by atoms with Crippen LogP contribution >= 0.6 is 0 Å². The van der Waals surface area contributed by atoms with Crippen LogP contribution in [0.15, 0.2) is 48.5 Å². The molecular weight excluding hydrogens is 401 g/mol. The van der Waals surface area contributed by atoms with E-state index in [0.717, 1.165) is 5.56 Å². The number of halogens is 1. The molecule has 1 aliphatic rings. The number of anilines is 1. The molecule has 0 bridgehead atoms. The van der Waals surface area contributed by atoms with Gasteiger partial charge >= 0.3 is 6.09 Å². The average Bonchev–Trinajstić information content (AvgIpc) is 3.06. The van der Waals surface area contributed by atoms with Crippen LogP contribution in [0.1, 0.15) is 26.3 Å². The number of amides is 1. The SMILES string of the molecule is CC(C)(C)[Si](C)(C)OC[C@H]1CN(c2ccc(OCc3ccccc3)c(F)c2)C(=O)O1. The van der Waals surface area contributed by atoms with Gasteiger partial charge < -0.3 is 13.9 Å². The lowest BCUT2D eigenvalue weighted by Gasteiger charge is -2.36. The third-order valence-corrected chi connectivity index (χ3v) is 10.3. The van der Waals surface area contributed by atoms with E-state index in [2.05, 4.69) is 33.9 Å². The molecule has 2 aromatic rings. The van der Waals surface area contributed by atoms with Gasteiger partial charge in [-0.25, -0.2) is 9.18 Å². The van der Waals surface area contributed by atoms with Crippen LogP contribution in [-0.4, -0.2) is 33.7 Å². The summed E-state index contributed by atoms with van der Waals surface area (Å²) in [5, 5.41) is 0.0774. The number of benzene rings is 2. The molecule has 2 aromatic carbocycles. The summed E-state index contributed by atoms with van der Waals surface area (Å²) in [5.41, 5.74) is 1.40. The second kappa shape index (κ2) is 8.77. The fourth-order valence-corrected chi connectivity index (χ4v) is 3.88. The number of ether oxygens (including phenoxy) is 2. The van der Waals surface area contributed by atoms with Crippen LogP contribution in [0.25, 0.3) is 0 Å². The van der Waals surface area contributed by atoms with Gasteiger partial charge in [0.05, 0.1) is 18.8 Å². The largest absolute Gasteiger partial charge is 0.486 e. The van der Waals surface area contributed by atoms with E-state index in [1.807, 2.05) is 30.3 Å². The molecule has 0 spiro atoms. The Morgan fingerprint density at radius 1 is 1.17 bits per heavy atom. The van der Waals surface area contributed by atoms with Crippen molar-refractivity contribution in [2.75, 3.05) is 18.1 Å². The lowest BCUT2D eigenvalue weighted by Crippen LogP contribution is -2.43. The highest BCUT2D eigenvalue weighted by molar-refractivity contribution is 6.74. The van der Waals surface area contributed by atoms with Crippen LogP contribution in [0.4, 0.5) is 14.9 Å². The molecule has 0 aliphatic carbocycles. The summed E-state index contributed by atoms with van der Waals surface area (Å²) in [6, 6.07) is 14.1. The van der Waals surface area contributed by atoms with E-state index < -0.39 is 20.2 Å². The number of rotatable bonds is 7. The van der Waals surface area contributed by atoms with Crippen molar-refractivity contribution in [3.63, 3.8) is 0 Å². The lowest BCUT2D eigenvalue weighted by atomic mass is 10.2. The van der Waals surface area contributed by atoms with Gasteiger partial charge in [0, 0.05) is 6.07 Å². The molecule has 0 unspecified atom stereocenters. The highest BCUT2D eigenvalue weighted by atomic mass is 28.4. The second-order valence-electron chi connectivity index (χ2n) is 9.08. The topological polar surface area (TPSA) is 48.0 Å². The first kappa shape index (κ1) is 22.3. The van der Waals surface area contributed by atoms with Crippen molar-refractivity contribution in [2.45, 2.75) is 51.6 Å². The average molecular weight is 432 g/mol. The summed E-state index contributed by atoms with van der Waals surface area (Å²) in [5.74, 6) is -0.370. The molecule has 1 atom stereocenters. The van der Waals surface area contributed by atoms with Gasteiger partial charge in [0.1, 0.15) is 12.7 Å². The van der Waals surface area contributed by atoms with E-state index in [1.54, 1.807) is 12.1 Å². The van der Waals surface area contributed by atoms with E-state index >= 15 is 0 Å². The predicted molar refractivity (Wildman–Crippen MR) is 118 cm³/mol. The molecule has 1 fully saturated rings. The summed E-state index contributed by atoms with van der Waals surface area (Å²) in [6.07, 6.45) is -0.861. The Balaban J connectivity index is 1.60. The highest BCUT2D eigenvalue weighted by Crippen LogP contribution is 2.37. The Hall–Kier alpha value is -2.38. The van der Waals surface area contributed by atoms with Crippen molar-refractivity contribution in [1.82, 2.24) is 0 Å². The molecule has 0 saturated carbocycles. The normalized spacial score (nSPS) is 17.2. The van der Waals surface area contributed by atoms with Crippen LogP contribution in [0.5, 0.6) is 5.75 Å². The van der Waals surface area contributed by atoms with E-state index in [4.69, 9.17) is 13.9 Å². The molecule has 0 radical (unpaired) electrons. The van der Waals surface area contributed by atoms with Crippen LogP contribution in [0.2, 0.25) is 18.1 Å². The van der Waals surface area contributed by atoms with Gasteiger partial charge in [-0.3, -0.25) is 4.90 Å². The molecule has 1 aliphatic heterocycles. The molecule has 30 heavy (non-hydrogen) atoms. The molecule has 162 valence electrons. The van der Waals surface area contributed by atoms with Crippen LogP contribution in [0, 0.1) is 5.82 Å². The lowest BCUT2D eigenvalue weighted by molar-refractivity contribution is 0.0997. The van der Waals surface area contributed by atoms with Crippen molar-refractivity contribution in [3.8, 4) is 5.75 Å². The molecule has 1 amide bonds. The number of carbonyl (C=O) groups is 1. The molecule has 7 heteroatoms. The van der Waals surface area contributed by atoms with Crippen molar-refractivity contribution in [1.29, 1.82) is 0 Å². The Morgan fingerprint density at radius 3 is 2.50 bits per heavy atom. The maximum Gasteiger partial charge on any atom is 0.414 e. The standard InChI is InChI=1S/C23H30FNO4Si/c1-23(2,3)30(4,5)28-16-19-14-25(22(26)29-19)18-11-12-21(20(24)13-18)27-15-17-9-7-6-8-10-17/h6-13,19H,14-16H2,1-5H3/t19-/m1/s1. The fraction of sp³-hybridized carbons (Fsp3) is 0.435. The van der Waals surface area contributed by atoms with Crippen molar-refractivity contribution in [3.05, 3.63) is 59.9 Å². The molecular formula is C23H30FNO4Si. The van der Waals surface area contributed by atoms with E-state index in [1.165, 1.54) is 11.0 Å². The molecule has 0 N–H and O–H groups in total. The zero-order chi connectivity index (χ0) is 21.9. The maximum absolute atomic E-state index is 14.5. The fourth-order valence-electron chi connectivity index (χ4n) is 2.85. The Kier molecular flexibility index (Phi) is 6.52. The first-order valence-corrected chi connectivity index (χ1v) is 13.1. The van der Waals surface area contributed by atoms with Crippen LogP contribution in [0.3, 0.4) is 0 Å². The number of hydrogen-bond donors (Lipinski definition) is 0. The minimum Gasteiger partial charge on any atom is -0.486 e. The zero-order valence-corrected chi connectivity index (χ0v) is 19.3. The number of cyclic esters (lactones) is 1. The zero-order valence-electron chi connectivity index (χ0n) is 18.3. The van der Waals surface area contributed by atoms with Crippen LogP contribution in [-0.2, 0) is 15.8 Å². The van der Waals surface area contributed by atoms with Gasteiger partial charge in [-0.15, -0.1) is 0 Å². The highest BCUT2D eigenvalue weighted by Gasteiger charge is 2.40. The number of carbonyl (C=O) groups excluding carboxylic acids is 1. The van der Waals surface area contributed by atoms with Gasteiger partial charge in [-0.1, -0.05) is 51.1 Å². The van der Waals surface area contributed by atoms with Gasteiger partial charge in [-0.2, -0.15) is 0 Å². The Bertz CT molecular complexity index is 883. The molecule has 1 saturated heterocycles. The Morgan fingerprint density at radius 2 is 1.87 bits per heavy atom. The quantitative estimate of drug-likeness (QED) is 0.524. The summed E-state index contributed by atoms with van der Waals surface area (Å²) in [7, 11) is -1.94. The van der Waals surface area contributed by atoms with Crippen molar-refractivity contribution < 1.29 is 23.1 Å². The third-order valence-electron chi connectivity index (χ3n) is 5.77. The summed E-state index contributed by atoms with van der Waals surface area (Å²) in [4.78, 5) is 13.8. The smallest absolute Gasteiger partial charge is 0.414 e. The second-order valence-corrected chi connectivity index (χ2v) is 13.9. The van der Waals surface area contributed by atoms with E-state index in [-0.39, 0.29) is 23.5 Å². The molecule has 1 heterocycles. The number of hydrogen-bond acceptors (Lipinski definition) is 4. The van der Waals surface area contributed by atoms with E-state index in [0.29, 0.717) is 18.8 Å². The summed E-state index contributed by atoms with van der Waals surface area (Å²) in [6.45, 7) is 11.8. The van der Waals surface area contributed by atoms with E-state index in [9.17, 15) is 9.18 Å². The maximum atomic E-state index is 14.5. The monoisotopic (exact) mass is 431 g/mol. The van der Waals surface area contributed by atoms with Gasteiger partial charge in [0.2, 0.25) is 0 Å². The summed E-state index contributed by atoms with van der Waals surface area (Å²) < 4.78 is 31.7. The molecule has 3 rings (SSSR count). The summed E-state index contributed by atoms with van der Waals surface area (Å²) >= 11 is 0. The predicted octanol–water partition coefficient (Wildman–Crippen LogP) is 5.75. The molecule has 5 nitrogen and oxygen atoms in total. The van der Waals surface area contributed by atoms with Crippen LogP contribution < -0.4 is 9.64 Å². The van der Waals surface area contributed by atoms with Gasteiger partial charge in [-0.05, 0) is 35.8 Å². The Labute approximate surface area is 178 Å². The first-order valence-electron chi connectivity index (χ1n) is 10.2. The minimum atomic E-state index is -1.94. The minimum absolute atomic E-state index is 0.0774. The van der Waals surface area contributed by atoms with Crippen molar-refractivity contribution >= 4 is 20.1 Å².